The van der Waals surface area contributed by atoms with Gasteiger partial charge in [0.25, 0.3) is 0 Å². The van der Waals surface area contributed by atoms with E-state index in [4.69, 9.17) is 0 Å². The minimum absolute atomic E-state index is 0.428. The van der Waals surface area contributed by atoms with E-state index in [9.17, 15) is 5.11 Å². The first-order valence-electron chi connectivity index (χ1n) is 7.55. The van der Waals surface area contributed by atoms with Gasteiger partial charge in [0.15, 0.2) is 0 Å². The third kappa shape index (κ3) is 4.96. The van der Waals surface area contributed by atoms with Gasteiger partial charge in [-0.2, -0.15) is 0 Å². The minimum atomic E-state index is -0.428. The van der Waals surface area contributed by atoms with Gasteiger partial charge < -0.3 is 10.0 Å². The minimum Gasteiger partial charge on any atom is -0.387 e. The van der Waals surface area contributed by atoms with E-state index in [-0.39, 0.29) is 0 Å². The molecule has 3 heteroatoms. The van der Waals surface area contributed by atoms with E-state index in [1.54, 1.807) is 0 Å². The van der Waals surface area contributed by atoms with Crippen molar-refractivity contribution >= 4 is 0 Å². The number of hydrogen-bond acceptors (Lipinski definition) is 3. The summed E-state index contributed by atoms with van der Waals surface area (Å²) >= 11 is 0. The highest BCUT2D eigenvalue weighted by atomic mass is 16.3. The second-order valence-electron chi connectivity index (χ2n) is 5.43. The first-order valence-corrected chi connectivity index (χ1v) is 7.55. The van der Waals surface area contributed by atoms with E-state index >= 15 is 0 Å². The zero-order valence-corrected chi connectivity index (χ0v) is 12.9. The quantitative estimate of drug-likeness (QED) is 0.849. The van der Waals surface area contributed by atoms with Gasteiger partial charge >= 0.3 is 0 Å². The van der Waals surface area contributed by atoms with Gasteiger partial charge in [-0.25, -0.2) is 0 Å². The molecule has 0 amide bonds. The first kappa shape index (κ1) is 15.7. The number of aliphatic hydroxyl groups is 1. The summed E-state index contributed by atoms with van der Waals surface area (Å²) in [5.74, 6) is 0. The van der Waals surface area contributed by atoms with Crippen molar-refractivity contribution in [2.24, 2.45) is 0 Å². The number of benzene rings is 1. The Morgan fingerprint density at radius 3 is 2.38 bits per heavy atom. The van der Waals surface area contributed by atoms with Crippen LogP contribution in [0.2, 0.25) is 0 Å². The summed E-state index contributed by atoms with van der Waals surface area (Å²) in [6.07, 6.45) is 4.21. The van der Waals surface area contributed by atoms with Crippen LogP contribution in [0.3, 0.4) is 0 Å². The highest BCUT2D eigenvalue weighted by Gasteiger charge is 2.12. The molecule has 0 saturated carbocycles. The van der Waals surface area contributed by atoms with Gasteiger partial charge in [0.1, 0.15) is 0 Å². The summed E-state index contributed by atoms with van der Waals surface area (Å²) in [5.41, 5.74) is 3.49. The van der Waals surface area contributed by atoms with Crippen molar-refractivity contribution in [3.63, 3.8) is 0 Å². The van der Waals surface area contributed by atoms with Gasteiger partial charge in [-0.3, -0.25) is 4.98 Å². The van der Waals surface area contributed by atoms with Crippen molar-refractivity contribution in [1.29, 1.82) is 0 Å². The fourth-order valence-corrected chi connectivity index (χ4v) is 2.35. The SMILES string of the molecule is CCN(CCc1ccncc1)CC(O)c1ccc(C)cc1. The number of pyridine rings is 1. The Labute approximate surface area is 127 Å². The molecule has 21 heavy (non-hydrogen) atoms. The molecule has 3 nitrogen and oxygen atoms in total. The summed E-state index contributed by atoms with van der Waals surface area (Å²) in [5, 5.41) is 10.4. The Balaban J connectivity index is 1.88. The highest BCUT2D eigenvalue weighted by Crippen LogP contribution is 2.15. The average Bonchev–Trinajstić information content (AvgIpc) is 2.53. The lowest BCUT2D eigenvalue weighted by Gasteiger charge is -2.24. The van der Waals surface area contributed by atoms with E-state index in [0.29, 0.717) is 6.54 Å². The number of aliphatic hydroxyl groups excluding tert-OH is 1. The molecule has 0 aliphatic rings. The van der Waals surface area contributed by atoms with Crippen LogP contribution >= 0.6 is 0 Å². The molecule has 1 atom stereocenters. The van der Waals surface area contributed by atoms with Gasteiger partial charge in [-0.1, -0.05) is 36.8 Å². The normalized spacial score (nSPS) is 12.6. The van der Waals surface area contributed by atoms with E-state index in [1.165, 1.54) is 11.1 Å². The Morgan fingerprint density at radius 2 is 1.76 bits per heavy atom. The molecule has 0 radical (unpaired) electrons. The van der Waals surface area contributed by atoms with Gasteiger partial charge in [0.05, 0.1) is 6.10 Å². The summed E-state index contributed by atoms with van der Waals surface area (Å²) in [7, 11) is 0. The Kier molecular flexibility index (Phi) is 5.90. The summed E-state index contributed by atoms with van der Waals surface area (Å²) in [6, 6.07) is 12.2. The fourth-order valence-electron chi connectivity index (χ4n) is 2.35. The molecular weight excluding hydrogens is 260 g/mol. The lowest BCUT2D eigenvalue weighted by atomic mass is 10.1. The zero-order chi connectivity index (χ0) is 15.1. The predicted molar refractivity (Wildman–Crippen MR) is 86.2 cm³/mol. The fraction of sp³-hybridized carbons (Fsp3) is 0.389. The van der Waals surface area contributed by atoms with Crippen molar-refractivity contribution < 1.29 is 5.11 Å². The van der Waals surface area contributed by atoms with E-state index < -0.39 is 6.10 Å². The molecule has 2 rings (SSSR count). The molecule has 1 heterocycles. The lowest BCUT2D eigenvalue weighted by Crippen LogP contribution is -2.30. The Bertz CT molecular complexity index is 525. The number of aryl methyl sites for hydroxylation is 1. The number of rotatable bonds is 7. The molecule has 2 aromatic rings. The van der Waals surface area contributed by atoms with Crippen LogP contribution in [-0.4, -0.2) is 34.6 Å². The molecule has 0 saturated heterocycles. The molecule has 0 aliphatic heterocycles. The summed E-state index contributed by atoms with van der Waals surface area (Å²) in [6.45, 7) is 6.75. The molecule has 0 spiro atoms. The number of hydrogen-bond donors (Lipinski definition) is 1. The van der Waals surface area contributed by atoms with Crippen molar-refractivity contribution in [3.8, 4) is 0 Å². The summed E-state index contributed by atoms with van der Waals surface area (Å²) < 4.78 is 0. The second kappa shape index (κ2) is 7.91. The van der Waals surface area contributed by atoms with Crippen molar-refractivity contribution in [3.05, 3.63) is 65.5 Å². The molecule has 1 aromatic heterocycles. The van der Waals surface area contributed by atoms with Crippen LogP contribution in [-0.2, 0) is 6.42 Å². The van der Waals surface area contributed by atoms with Crippen molar-refractivity contribution in [2.45, 2.75) is 26.4 Å². The maximum atomic E-state index is 10.4. The van der Waals surface area contributed by atoms with Crippen LogP contribution in [0.5, 0.6) is 0 Å². The van der Waals surface area contributed by atoms with E-state index in [0.717, 1.165) is 25.1 Å². The largest absolute Gasteiger partial charge is 0.387 e. The van der Waals surface area contributed by atoms with Crippen LogP contribution in [0.15, 0.2) is 48.8 Å². The Hall–Kier alpha value is -1.71. The second-order valence-corrected chi connectivity index (χ2v) is 5.43. The van der Waals surface area contributed by atoms with Gasteiger partial charge in [0, 0.05) is 25.5 Å². The van der Waals surface area contributed by atoms with Gasteiger partial charge in [0.2, 0.25) is 0 Å². The van der Waals surface area contributed by atoms with Crippen LogP contribution in [0.1, 0.15) is 29.7 Å². The molecule has 0 bridgehead atoms. The number of likely N-dealkylation sites (N-methyl/N-ethyl adjacent to an activating group) is 1. The monoisotopic (exact) mass is 284 g/mol. The van der Waals surface area contributed by atoms with Crippen LogP contribution in [0.25, 0.3) is 0 Å². The smallest absolute Gasteiger partial charge is 0.0916 e. The topological polar surface area (TPSA) is 36.4 Å². The third-order valence-electron chi connectivity index (χ3n) is 3.81. The number of nitrogens with zero attached hydrogens (tertiary/aromatic N) is 2. The maximum Gasteiger partial charge on any atom is 0.0916 e. The molecule has 1 unspecified atom stereocenters. The molecular formula is C18H24N2O. The highest BCUT2D eigenvalue weighted by molar-refractivity contribution is 5.23. The van der Waals surface area contributed by atoms with Gasteiger partial charge in [-0.05, 0) is 43.1 Å². The van der Waals surface area contributed by atoms with E-state index in [1.807, 2.05) is 48.8 Å². The zero-order valence-electron chi connectivity index (χ0n) is 12.9. The molecule has 1 aromatic carbocycles. The standard InChI is InChI=1S/C18H24N2O/c1-3-20(13-10-16-8-11-19-12-9-16)14-18(21)17-6-4-15(2)5-7-17/h4-9,11-12,18,21H,3,10,13-14H2,1-2H3. The molecule has 112 valence electrons. The molecule has 1 N–H and O–H groups in total. The first-order chi connectivity index (χ1) is 10.2. The summed E-state index contributed by atoms with van der Waals surface area (Å²) in [4.78, 5) is 6.32. The van der Waals surface area contributed by atoms with E-state index in [2.05, 4.69) is 23.7 Å². The van der Waals surface area contributed by atoms with Crippen molar-refractivity contribution in [2.75, 3.05) is 19.6 Å². The molecule has 0 aliphatic carbocycles. The average molecular weight is 284 g/mol. The maximum absolute atomic E-state index is 10.4. The molecule has 0 fully saturated rings. The Morgan fingerprint density at radius 1 is 1.10 bits per heavy atom. The van der Waals surface area contributed by atoms with Crippen molar-refractivity contribution in [1.82, 2.24) is 9.88 Å². The van der Waals surface area contributed by atoms with Gasteiger partial charge in [-0.15, -0.1) is 0 Å². The van der Waals surface area contributed by atoms with Crippen LogP contribution < -0.4 is 0 Å². The third-order valence-corrected chi connectivity index (χ3v) is 3.81. The predicted octanol–water partition coefficient (Wildman–Crippen LogP) is 2.99. The van der Waals surface area contributed by atoms with Crippen LogP contribution in [0, 0.1) is 6.92 Å². The lowest BCUT2D eigenvalue weighted by molar-refractivity contribution is 0.116. The van der Waals surface area contributed by atoms with Crippen LogP contribution in [0.4, 0.5) is 0 Å². The number of aromatic nitrogens is 1.